The molecule has 1 aliphatic rings. The van der Waals surface area contributed by atoms with E-state index in [0.717, 1.165) is 32.1 Å². The second-order valence-electron chi connectivity index (χ2n) is 5.87. The highest BCUT2D eigenvalue weighted by Crippen LogP contribution is 2.15. The molecule has 1 aliphatic carbocycles. The fourth-order valence-corrected chi connectivity index (χ4v) is 2.42. The van der Waals surface area contributed by atoms with Crippen LogP contribution in [-0.4, -0.2) is 28.4 Å². The van der Waals surface area contributed by atoms with Crippen molar-refractivity contribution >= 4 is 23.5 Å². The molecule has 2 rings (SSSR count). The van der Waals surface area contributed by atoms with Gasteiger partial charge in [0.1, 0.15) is 5.82 Å². The smallest absolute Gasteiger partial charge is 0.280 e. The second-order valence-corrected chi connectivity index (χ2v) is 5.87. The number of nitrogen functional groups attached to an aromatic ring is 2. The van der Waals surface area contributed by atoms with E-state index in [9.17, 15) is 4.79 Å². The van der Waals surface area contributed by atoms with Crippen molar-refractivity contribution in [2.24, 2.45) is 10.7 Å². The highest BCUT2D eigenvalue weighted by Gasteiger charge is 2.15. The Bertz CT molecular complexity index is 722. The lowest BCUT2D eigenvalue weighted by atomic mass is 10.0. The molecule has 8 heteroatoms. The number of amides is 1. The third kappa shape index (κ3) is 5.59. The number of hydrogen-bond acceptors (Lipinski definition) is 6. The molecule has 1 aromatic rings. The third-order valence-corrected chi connectivity index (χ3v) is 3.82. The number of allylic oxidation sites excluding steroid dienone is 4. The van der Waals surface area contributed by atoms with Crippen molar-refractivity contribution in [3.63, 3.8) is 0 Å². The molecule has 1 heterocycles. The Labute approximate surface area is 147 Å². The summed E-state index contributed by atoms with van der Waals surface area (Å²) in [5.74, 6) is -0.356. The van der Waals surface area contributed by atoms with Crippen LogP contribution in [0.2, 0.25) is 0 Å². The molecule has 0 aliphatic heterocycles. The van der Waals surface area contributed by atoms with E-state index >= 15 is 0 Å². The average molecular weight is 343 g/mol. The lowest BCUT2D eigenvalue weighted by molar-refractivity contribution is 0.0972. The van der Waals surface area contributed by atoms with Gasteiger partial charge in [0.2, 0.25) is 0 Å². The zero-order chi connectivity index (χ0) is 18.2. The SMILES string of the molecule is Cc1nc(C(=O)NC(N)=NCCCCC2=CCCC=C2)c(N)nc1N. The molecule has 0 saturated heterocycles. The molecule has 0 radical (unpaired) electrons. The van der Waals surface area contributed by atoms with E-state index in [4.69, 9.17) is 17.2 Å². The topological polar surface area (TPSA) is 145 Å². The molecular formula is C17H25N7O. The number of aliphatic imine (C=N–C) groups is 1. The number of nitrogens with one attached hydrogen (secondary N) is 1. The first-order chi connectivity index (χ1) is 12.0. The molecule has 134 valence electrons. The molecule has 8 nitrogen and oxygen atoms in total. The number of aryl methyl sites for hydroxylation is 1. The maximum absolute atomic E-state index is 12.1. The van der Waals surface area contributed by atoms with Crippen molar-refractivity contribution in [2.45, 2.75) is 39.0 Å². The summed E-state index contributed by atoms with van der Waals surface area (Å²) < 4.78 is 0. The zero-order valence-electron chi connectivity index (χ0n) is 14.5. The van der Waals surface area contributed by atoms with Crippen LogP contribution >= 0.6 is 0 Å². The van der Waals surface area contributed by atoms with Gasteiger partial charge in [0.15, 0.2) is 17.5 Å². The zero-order valence-corrected chi connectivity index (χ0v) is 14.5. The molecule has 0 fully saturated rings. The minimum absolute atomic E-state index is 0.0131. The predicted molar refractivity (Wildman–Crippen MR) is 99.9 cm³/mol. The highest BCUT2D eigenvalue weighted by molar-refractivity contribution is 6.06. The molecule has 0 unspecified atom stereocenters. The average Bonchev–Trinajstić information content (AvgIpc) is 2.58. The maximum Gasteiger partial charge on any atom is 0.280 e. The first-order valence-electron chi connectivity index (χ1n) is 8.34. The third-order valence-electron chi connectivity index (χ3n) is 3.82. The molecule has 7 N–H and O–H groups in total. The molecular weight excluding hydrogens is 318 g/mol. The Kier molecular flexibility index (Phi) is 6.50. The van der Waals surface area contributed by atoms with Gasteiger partial charge in [0.05, 0.1) is 5.69 Å². The van der Waals surface area contributed by atoms with Crippen LogP contribution < -0.4 is 22.5 Å². The number of rotatable bonds is 6. The van der Waals surface area contributed by atoms with Gasteiger partial charge in [-0.2, -0.15) is 0 Å². The molecule has 0 aromatic carbocycles. The van der Waals surface area contributed by atoms with Gasteiger partial charge in [0.25, 0.3) is 5.91 Å². The van der Waals surface area contributed by atoms with Gasteiger partial charge in [-0.05, 0) is 39.0 Å². The van der Waals surface area contributed by atoms with Crippen LogP contribution in [0.15, 0.2) is 28.8 Å². The quantitative estimate of drug-likeness (QED) is 0.349. The summed E-state index contributed by atoms with van der Waals surface area (Å²) >= 11 is 0. The molecule has 0 saturated carbocycles. The van der Waals surface area contributed by atoms with Gasteiger partial charge in [-0.15, -0.1) is 0 Å². The Hall–Kier alpha value is -2.90. The van der Waals surface area contributed by atoms with E-state index in [1.54, 1.807) is 6.92 Å². The summed E-state index contributed by atoms with van der Waals surface area (Å²) in [6.45, 7) is 2.19. The van der Waals surface area contributed by atoms with E-state index in [2.05, 4.69) is 38.5 Å². The lowest BCUT2D eigenvalue weighted by Crippen LogP contribution is -2.38. The number of unbranched alkanes of at least 4 members (excludes halogenated alkanes) is 1. The number of guanidine groups is 1. The number of nitrogens with zero attached hydrogens (tertiary/aromatic N) is 3. The molecule has 0 atom stereocenters. The number of carbonyl (C=O) groups is 1. The van der Waals surface area contributed by atoms with Crippen LogP contribution in [0, 0.1) is 6.92 Å². The monoisotopic (exact) mass is 343 g/mol. The minimum atomic E-state index is -0.549. The fourth-order valence-electron chi connectivity index (χ4n) is 2.42. The Morgan fingerprint density at radius 3 is 2.76 bits per heavy atom. The number of aromatic nitrogens is 2. The van der Waals surface area contributed by atoms with Crippen molar-refractivity contribution in [1.82, 2.24) is 15.3 Å². The Balaban J connectivity index is 1.78. The van der Waals surface area contributed by atoms with Crippen molar-refractivity contribution in [3.05, 3.63) is 35.2 Å². The Morgan fingerprint density at radius 1 is 1.24 bits per heavy atom. The summed E-state index contributed by atoms with van der Waals surface area (Å²) in [7, 11) is 0. The fraction of sp³-hybridized carbons (Fsp3) is 0.412. The summed E-state index contributed by atoms with van der Waals surface area (Å²) in [4.78, 5) is 24.2. The number of nitrogens with two attached hydrogens (primary N) is 3. The maximum atomic E-state index is 12.1. The van der Waals surface area contributed by atoms with E-state index in [0.29, 0.717) is 12.2 Å². The minimum Gasteiger partial charge on any atom is -0.382 e. The summed E-state index contributed by atoms with van der Waals surface area (Å²) in [6, 6.07) is 0. The van der Waals surface area contributed by atoms with Crippen LogP contribution in [0.4, 0.5) is 11.6 Å². The normalized spacial score (nSPS) is 14.3. The van der Waals surface area contributed by atoms with Gasteiger partial charge >= 0.3 is 0 Å². The molecule has 1 amide bonds. The Morgan fingerprint density at radius 2 is 2.04 bits per heavy atom. The van der Waals surface area contributed by atoms with E-state index < -0.39 is 5.91 Å². The molecule has 1 aromatic heterocycles. The van der Waals surface area contributed by atoms with Crippen molar-refractivity contribution in [1.29, 1.82) is 0 Å². The van der Waals surface area contributed by atoms with Crippen LogP contribution in [-0.2, 0) is 0 Å². The van der Waals surface area contributed by atoms with Crippen molar-refractivity contribution in [3.8, 4) is 0 Å². The summed E-state index contributed by atoms with van der Waals surface area (Å²) in [6.07, 6.45) is 11.9. The van der Waals surface area contributed by atoms with Crippen LogP contribution in [0.5, 0.6) is 0 Å². The largest absolute Gasteiger partial charge is 0.382 e. The predicted octanol–water partition coefficient (Wildman–Crippen LogP) is 1.44. The van der Waals surface area contributed by atoms with Gasteiger partial charge in [-0.3, -0.25) is 15.1 Å². The molecule has 25 heavy (non-hydrogen) atoms. The van der Waals surface area contributed by atoms with Gasteiger partial charge in [-0.25, -0.2) is 9.97 Å². The number of hydrogen-bond donors (Lipinski definition) is 4. The van der Waals surface area contributed by atoms with E-state index in [1.165, 1.54) is 5.57 Å². The first-order valence-corrected chi connectivity index (χ1v) is 8.34. The van der Waals surface area contributed by atoms with Crippen LogP contribution in [0.25, 0.3) is 0 Å². The van der Waals surface area contributed by atoms with E-state index in [-0.39, 0.29) is 23.3 Å². The van der Waals surface area contributed by atoms with Gasteiger partial charge in [0, 0.05) is 6.54 Å². The molecule has 0 spiro atoms. The van der Waals surface area contributed by atoms with Crippen molar-refractivity contribution < 1.29 is 4.79 Å². The first kappa shape index (κ1) is 18.4. The standard InChI is InChI=1S/C17H25N7O/c1-11-14(18)23-15(19)13(22-11)16(25)24-17(20)21-10-6-5-9-12-7-3-2-4-8-12/h3,7-8H,2,4-6,9-10H2,1H3,(H4,18,19,23)(H3,20,21,24,25). The number of anilines is 2. The number of carbonyl (C=O) groups excluding carboxylic acids is 1. The van der Waals surface area contributed by atoms with Gasteiger partial charge in [-0.1, -0.05) is 23.8 Å². The van der Waals surface area contributed by atoms with Crippen LogP contribution in [0.1, 0.15) is 48.3 Å². The molecule has 0 bridgehead atoms. The lowest BCUT2D eigenvalue weighted by Gasteiger charge is -2.08. The van der Waals surface area contributed by atoms with Gasteiger partial charge < -0.3 is 17.2 Å². The van der Waals surface area contributed by atoms with Crippen LogP contribution in [0.3, 0.4) is 0 Å². The second kappa shape index (κ2) is 8.81. The van der Waals surface area contributed by atoms with E-state index in [1.807, 2.05) is 0 Å². The highest BCUT2D eigenvalue weighted by atomic mass is 16.2. The van der Waals surface area contributed by atoms with Crippen molar-refractivity contribution in [2.75, 3.05) is 18.0 Å². The summed E-state index contributed by atoms with van der Waals surface area (Å²) in [5, 5.41) is 2.47. The summed E-state index contributed by atoms with van der Waals surface area (Å²) in [5.41, 5.74) is 18.8.